The Kier molecular flexibility index (Phi) is 4.84. The van der Waals surface area contributed by atoms with Gasteiger partial charge in [0.05, 0.1) is 4.92 Å². The average Bonchev–Trinajstić information content (AvgIpc) is 2.27. The van der Waals surface area contributed by atoms with Crippen LogP contribution in [0.4, 0.5) is 11.5 Å². The third-order valence-electron chi connectivity index (χ3n) is 2.38. The highest BCUT2D eigenvalue weighted by molar-refractivity contribution is 5.55. The van der Waals surface area contributed by atoms with Crippen molar-refractivity contribution in [3.8, 4) is 0 Å². The Morgan fingerprint density at radius 2 is 2.29 bits per heavy atom. The van der Waals surface area contributed by atoms with Gasteiger partial charge in [0.25, 0.3) is 0 Å². The molecule has 1 rings (SSSR count). The smallest absolute Gasteiger partial charge is 0.311 e. The summed E-state index contributed by atoms with van der Waals surface area (Å²) in [5.74, 6) is 0.337. The van der Waals surface area contributed by atoms with Crippen LogP contribution in [-0.4, -0.2) is 41.5 Å². The molecule has 0 aliphatic carbocycles. The van der Waals surface area contributed by atoms with Gasteiger partial charge in [-0.15, -0.1) is 0 Å². The van der Waals surface area contributed by atoms with Crippen molar-refractivity contribution in [2.75, 3.05) is 26.0 Å². The summed E-state index contributed by atoms with van der Waals surface area (Å²) in [6.45, 7) is 2.91. The summed E-state index contributed by atoms with van der Waals surface area (Å²) < 4.78 is 0. The number of rotatable bonds is 6. The molecule has 0 saturated heterocycles. The van der Waals surface area contributed by atoms with Crippen LogP contribution in [0.25, 0.3) is 0 Å². The van der Waals surface area contributed by atoms with Crippen LogP contribution in [-0.2, 0) is 0 Å². The predicted molar refractivity (Wildman–Crippen MR) is 67.1 cm³/mol. The molecule has 1 heterocycles. The third-order valence-corrected chi connectivity index (χ3v) is 2.38. The zero-order chi connectivity index (χ0) is 12.8. The molecule has 0 aromatic carbocycles. The Morgan fingerprint density at radius 3 is 2.88 bits per heavy atom. The van der Waals surface area contributed by atoms with Gasteiger partial charge in [0, 0.05) is 18.3 Å². The largest absolute Gasteiger partial charge is 0.362 e. The van der Waals surface area contributed by atoms with Gasteiger partial charge in [-0.1, -0.05) is 0 Å². The summed E-state index contributed by atoms with van der Waals surface area (Å²) in [5.41, 5.74) is 0.0178. The fourth-order valence-electron chi connectivity index (χ4n) is 1.41. The lowest BCUT2D eigenvalue weighted by Crippen LogP contribution is -2.23. The van der Waals surface area contributed by atoms with Crippen molar-refractivity contribution < 1.29 is 4.92 Å². The second kappa shape index (κ2) is 6.15. The summed E-state index contributed by atoms with van der Waals surface area (Å²) in [6.07, 6.45) is 2.45. The second-order valence-corrected chi connectivity index (χ2v) is 4.27. The number of nitrogens with one attached hydrogen (secondary N) is 1. The van der Waals surface area contributed by atoms with Crippen LogP contribution in [0, 0.1) is 10.1 Å². The number of nitro groups is 1. The molecule has 1 aromatic rings. The molecule has 0 aliphatic heterocycles. The standard InChI is InChI=1S/C11H18N4O2/c1-9(6-8-14(2)3)13-11-10(15(16)17)5-4-7-12-11/h4-5,7,9H,6,8H2,1-3H3,(H,12,13). The molecule has 17 heavy (non-hydrogen) atoms. The Bertz CT molecular complexity index is 381. The van der Waals surface area contributed by atoms with Gasteiger partial charge in [0.1, 0.15) is 0 Å². The first-order valence-electron chi connectivity index (χ1n) is 5.51. The van der Waals surface area contributed by atoms with Crippen molar-refractivity contribution in [2.45, 2.75) is 19.4 Å². The van der Waals surface area contributed by atoms with Gasteiger partial charge in [-0.2, -0.15) is 0 Å². The Hall–Kier alpha value is -1.69. The van der Waals surface area contributed by atoms with Crippen LogP contribution >= 0.6 is 0 Å². The monoisotopic (exact) mass is 238 g/mol. The summed E-state index contributed by atoms with van der Waals surface area (Å²) in [4.78, 5) is 16.4. The first-order chi connectivity index (χ1) is 8.00. The minimum absolute atomic E-state index is 0.0178. The van der Waals surface area contributed by atoms with Gasteiger partial charge in [-0.3, -0.25) is 10.1 Å². The number of hydrogen-bond donors (Lipinski definition) is 1. The molecule has 94 valence electrons. The molecular weight excluding hydrogens is 220 g/mol. The van der Waals surface area contributed by atoms with E-state index >= 15 is 0 Å². The van der Waals surface area contributed by atoms with E-state index in [2.05, 4.69) is 15.2 Å². The average molecular weight is 238 g/mol. The summed E-state index contributed by atoms with van der Waals surface area (Å²) in [7, 11) is 3.99. The van der Waals surface area contributed by atoms with E-state index in [1.807, 2.05) is 21.0 Å². The van der Waals surface area contributed by atoms with E-state index in [0.29, 0.717) is 5.82 Å². The van der Waals surface area contributed by atoms with Crippen LogP contribution in [0.5, 0.6) is 0 Å². The van der Waals surface area contributed by atoms with Crippen LogP contribution in [0.15, 0.2) is 18.3 Å². The van der Waals surface area contributed by atoms with Crippen molar-refractivity contribution >= 4 is 11.5 Å². The Labute approximate surface area is 101 Å². The minimum atomic E-state index is -0.423. The molecule has 6 heteroatoms. The topological polar surface area (TPSA) is 71.3 Å². The zero-order valence-corrected chi connectivity index (χ0v) is 10.4. The number of hydrogen-bond acceptors (Lipinski definition) is 5. The predicted octanol–water partition coefficient (Wildman–Crippen LogP) is 1.74. The van der Waals surface area contributed by atoms with E-state index in [0.717, 1.165) is 13.0 Å². The van der Waals surface area contributed by atoms with Gasteiger partial charge >= 0.3 is 5.69 Å². The fourth-order valence-corrected chi connectivity index (χ4v) is 1.41. The maximum absolute atomic E-state index is 10.8. The summed E-state index contributed by atoms with van der Waals surface area (Å²) in [5, 5.41) is 13.9. The fraction of sp³-hybridized carbons (Fsp3) is 0.545. The number of pyridine rings is 1. The van der Waals surface area contributed by atoms with Crippen molar-refractivity contribution in [2.24, 2.45) is 0 Å². The van der Waals surface area contributed by atoms with E-state index in [1.54, 1.807) is 12.3 Å². The highest BCUT2D eigenvalue weighted by Crippen LogP contribution is 2.21. The minimum Gasteiger partial charge on any atom is -0.362 e. The number of nitrogens with zero attached hydrogens (tertiary/aromatic N) is 3. The maximum atomic E-state index is 10.8. The van der Waals surface area contributed by atoms with Gasteiger partial charge < -0.3 is 10.2 Å². The van der Waals surface area contributed by atoms with E-state index in [9.17, 15) is 10.1 Å². The van der Waals surface area contributed by atoms with E-state index in [4.69, 9.17) is 0 Å². The summed E-state index contributed by atoms with van der Waals surface area (Å²) in [6, 6.07) is 3.16. The van der Waals surface area contributed by atoms with Crippen molar-refractivity contribution in [3.05, 3.63) is 28.4 Å². The molecule has 0 spiro atoms. The van der Waals surface area contributed by atoms with E-state index in [-0.39, 0.29) is 11.7 Å². The lowest BCUT2D eigenvalue weighted by Gasteiger charge is -2.16. The molecule has 1 atom stereocenters. The molecule has 6 nitrogen and oxygen atoms in total. The maximum Gasteiger partial charge on any atom is 0.311 e. The number of anilines is 1. The van der Waals surface area contributed by atoms with E-state index in [1.165, 1.54) is 6.07 Å². The number of aromatic nitrogens is 1. The van der Waals surface area contributed by atoms with Gasteiger partial charge in [-0.05, 0) is 40.1 Å². The highest BCUT2D eigenvalue weighted by atomic mass is 16.6. The van der Waals surface area contributed by atoms with Crippen LogP contribution in [0.2, 0.25) is 0 Å². The molecule has 0 aliphatic rings. The Morgan fingerprint density at radius 1 is 1.59 bits per heavy atom. The SMILES string of the molecule is CC(CCN(C)C)Nc1ncccc1[N+](=O)[O-]. The van der Waals surface area contributed by atoms with Crippen molar-refractivity contribution in [1.29, 1.82) is 0 Å². The third kappa shape index (κ3) is 4.36. The van der Waals surface area contributed by atoms with Crippen LogP contribution in [0.3, 0.4) is 0 Å². The second-order valence-electron chi connectivity index (χ2n) is 4.27. The first-order valence-corrected chi connectivity index (χ1v) is 5.51. The molecule has 1 N–H and O–H groups in total. The molecule has 0 bridgehead atoms. The lowest BCUT2D eigenvalue weighted by molar-refractivity contribution is -0.384. The molecule has 0 saturated carbocycles. The molecule has 1 unspecified atom stereocenters. The summed E-state index contributed by atoms with van der Waals surface area (Å²) >= 11 is 0. The molecule has 0 radical (unpaired) electrons. The molecule has 0 amide bonds. The molecule has 1 aromatic heterocycles. The van der Waals surface area contributed by atoms with Gasteiger partial charge in [0.2, 0.25) is 5.82 Å². The van der Waals surface area contributed by atoms with Crippen LogP contribution in [0.1, 0.15) is 13.3 Å². The van der Waals surface area contributed by atoms with Gasteiger partial charge in [0.15, 0.2) is 0 Å². The van der Waals surface area contributed by atoms with Crippen molar-refractivity contribution in [1.82, 2.24) is 9.88 Å². The highest BCUT2D eigenvalue weighted by Gasteiger charge is 2.15. The van der Waals surface area contributed by atoms with Crippen LogP contribution < -0.4 is 5.32 Å². The lowest BCUT2D eigenvalue weighted by atomic mass is 10.2. The zero-order valence-electron chi connectivity index (χ0n) is 10.4. The quantitative estimate of drug-likeness (QED) is 0.603. The van der Waals surface area contributed by atoms with E-state index < -0.39 is 4.92 Å². The van der Waals surface area contributed by atoms with Crippen molar-refractivity contribution in [3.63, 3.8) is 0 Å². The molecule has 0 fully saturated rings. The Balaban J connectivity index is 2.64. The normalized spacial score (nSPS) is 12.5. The van der Waals surface area contributed by atoms with Gasteiger partial charge in [-0.25, -0.2) is 4.98 Å². The first kappa shape index (κ1) is 13.4. The molecular formula is C11H18N4O2.